The fourth-order valence-corrected chi connectivity index (χ4v) is 3.55. The first-order chi connectivity index (χ1) is 12.6. The summed E-state index contributed by atoms with van der Waals surface area (Å²) in [4.78, 5) is 27.9. The molecule has 5 heteroatoms. The number of benzene rings is 2. The second-order valence-corrected chi connectivity index (χ2v) is 6.70. The minimum Gasteiger partial charge on any atom is -0.295 e. The molecule has 2 heterocycles. The molecule has 0 unspecified atom stereocenters. The first kappa shape index (κ1) is 16.7. The number of fused-ring (bicyclic) bond motifs is 1. The molecule has 2 aromatic rings. The summed E-state index contributed by atoms with van der Waals surface area (Å²) < 4.78 is 14.7. The monoisotopic (exact) mass is 350 g/mol. The van der Waals surface area contributed by atoms with E-state index in [9.17, 15) is 14.0 Å². The van der Waals surface area contributed by atoms with Crippen molar-refractivity contribution in [3.8, 4) is 0 Å². The highest BCUT2D eigenvalue weighted by Gasteiger charge is 2.36. The van der Waals surface area contributed by atoms with Crippen molar-refractivity contribution in [1.82, 2.24) is 9.80 Å². The van der Waals surface area contributed by atoms with Crippen molar-refractivity contribution < 1.29 is 14.0 Å². The van der Waals surface area contributed by atoms with Gasteiger partial charge in [-0.25, -0.2) is 4.39 Å². The number of likely N-dealkylation sites (tertiary alicyclic amines) is 1. The van der Waals surface area contributed by atoms with Crippen LogP contribution in [-0.2, 0) is 6.54 Å². The van der Waals surface area contributed by atoms with Crippen LogP contribution in [0.25, 0.3) is 0 Å². The van der Waals surface area contributed by atoms with Crippen LogP contribution in [0, 0.1) is 0 Å². The molecular formula is C21H19FN2O2. The van der Waals surface area contributed by atoms with Gasteiger partial charge in [0.1, 0.15) is 5.83 Å². The first-order valence-corrected chi connectivity index (χ1v) is 8.71. The van der Waals surface area contributed by atoms with E-state index >= 15 is 0 Å². The van der Waals surface area contributed by atoms with E-state index in [2.05, 4.69) is 17.0 Å². The molecule has 0 N–H and O–H groups in total. The number of hydrogen-bond acceptors (Lipinski definition) is 3. The number of rotatable bonds is 4. The summed E-state index contributed by atoms with van der Waals surface area (Å²) in [5.74, 6) is -1.20. The van der Waals surface area contributed by atoms with E-state index in [-0.39, 0.29) is 12.4 Å². The minimum atomic E-state index is -0.416. The molecule has 2 aliphatic rings. The molecule has 2 aliphatic heterocycles. The van der Waals surface area contributed by atoms with Crippen LogP contribution in [-0.4, -0.2) is 41.2 Å². The predicted octanol–water partition coefficient (Wildman–Crippen LogP) is 3.41. The summed E-state index contributed by atoms with van der Waals surface area (Å²) in [5, 5.41) is 0. The molecule has 4 nitrogen and oxygen atoms in total. The summed E-state index contributed by atoms with van der Waals surface area (Å²) in [7, 11) is 0. The van der Waals surface area contributed by atoms with E-state index in [4.69, 9.17) is 0 Å². The molecule has 4 rings (SSSR count). The quantitative estimate of drug-likeness (QED) is 0.794. The van der Waals surface area contributed by atoms with Gasteiger partial charge in [-0.05, 0) is 29.7 Å². The zero-order valence-corrected chi connectivity index (χ0v) is 14.3. The van der Waals surface area contributed by atoms with Gasteiger partial charge in [0.2, 0.25) is 0 Å². The van der Waals surface area contributed by atoms with Crippen molar-refractivity contribution in [3.05, 3.63) is 82.7 Å². The van der Waals surface area contributed by atoms with Gasteiger partial charge in [0.05, 0.1) is 17.7 Å². The Morgan fingerprint density at radius 2 is 1.54 bits per heavy atom. The van der Waals surface area contributed by atoms with Gasteiger partial charge in [-0.15, -0.1) is 0 Å². The number of carbonyl (C=O) groups is 2. The highest BCUT2D eigenvalue weighted by atomic mass is 19.1. The Labute approximate surface area is 151 Å². The number of amides is 2. The summed E-state index contributed by atoms with van der Waals surface area (Å²) in [5.41, 5.74) is 2.58. The average molecular weight is 350 g/mol. The van der Waals surface area contributed by atoms with Gasteiger partial charge in [0, 0.05) is 19.6 Å². The fourth-order valence-electron chi connectivity index (χ4n) is 3.55. The van der Waals surface area contributed by atoms with Crippen LogP contribution in [0.2, 0.25) is 0 Å². The third-order valence-electron chi connectivity index (χ3n) is 4.95. The van der Waals surface area contributed by atoms with Crippen LogP contribution in [0.3, 0.4) is 0 Å². The Hall–Kier alpha value is -2.79. The SMILES string of the molecule is O=C1c2ccccc2C(=O)N1C/C(F)=C1/CCN(Cc2ccccc2)C1. The van der Waals surface area contributed by atoms with Crippen molar-refractivity contribution >= 4 is 11.8 Å². The lowest BCUT2D eigenvalue weighted by atomic mass is 10.1. The average Bonchev–Trinajstić information content (AvgIpc) is 3.22. The van der Waals surface area contributed by atoms with Gasteiger partial charge in [-0.3, -0.25) is 19.4 Å². The highest BCUT2D eigenvalue weighted by Crippen LogP contribution is 2.27. The van der Waals surface area contributed by atoms with Gasteiger partial charge in [-0.1, -0.05) is 42.5 Å². The third-order valence-corrected chi connectivity index (χ3v) is 4.95. The molecule has 0 radical (unpaired) electrons. The maximum Gasteiger partial charge on any atom is 0.261 e. The minimum absolute atomic E-state index is 0.277. The van der Waals surface area contributed by atoms with E-state index in [0.29, 0.717) is 29.7 Å². The molecule has 0 saturated carbocycles. The third kappa shape index (κ3) is 3.06. The summed E-state index contributed by atoms with van der Waals surface area (Å²) >= 11 is 0. The molecule has 2 aromatic carbocycles. The molecule has 0 spiro atoms. The lowest BCUT2D eigenvalue weighted by molar-refractivity contribution is 0.0659. The summed E-state index contributed by atoms with van der Waals surface area (Å²) in [6.07, 6.45) is 0.627. The number of halogens is 1. The molecule has 1 fully saturated rings. The predicted molar refractivity (Wildman–Crippen MR) is 96.3 cm³/mol. The van der Waals surface area contributed by atoms with Crippen molar-refractivity contribution in [2.24, 2.45) is 0 Å². The molecule has 0 aliphatic carbocycles. The van der Waals surface area contributed by atoms with E-state index in [0.717, 1.165) is 18.0 Å². The van der Waals surface area contributed by atoms with Crippen LogP contribution in [0.5, 0.6) is 0 Å². The summed E-state index contributed by atoms with van der Waals surface area (Å²) in [6.45, 7) is 1.80. The second-order valence-electron chi connectivity index (χ2n) is 6.70. The molecular weight excluding hydrogens is 331 g/mol. The molecule has 26 heavy (non-hydrogen) atoms. The fraction of sp³-hybridized carbons (Fsp3) is 0.238. The van der Waals surface area contributed by atoms with Crippen LogP contribution >= 0.6 is 0 Å². The normalized spacial score (nSPS) is 19.2. The molecule has 2 amide bonds. The lowest BCUT2D eigenvalue weighted by Gasteiger charge is -2.15. The van der Waals surface area contributed by atoms with Gasteiger partial charge in [-0.2, -0.15) is 0 Å². The van der Waals surface area contributed by atoms with Crippen molar-refractivity contribution in [3.63, 3.8) is 0 Å². The van der Waals surface area contributed by atoms with Gasteiger partial charge in [0.25, 0.3) is 11.8 Å². The van der Waals surface area contributed by atoms with Crippen LogP contribution in [0.1, 0.15) is 32.7 Å². The zero-order valence-electron chi connectivity index (χ0n) is 14.3. The Kier molecular flexibility index (Phi) is 4.39. The van der Waals surface area contributed by atoms with E-state index in [1.165, 1.54) is 5.56 Å². The Morgan fingerprint density at radius 3 is 2.19 bits per heavy atom. The van der Waals surface area contributed by atoms with Gasteiger partial charge in [0.15, 0.2) is 0 Å². The maximum absolute atomic E-state index is 14.7. The molecule has 132 valence electrons. The number of carbonyl (C=O) groups excluding carboxylic acids is 2. The number of imide groups is 1. The Bertz CT molecular complexity index is 857. The lowest BCUT2D eigenvalue weighted by Crippen LogP contribution is -2.31. The standard InChI is InChI=1S/C21H19FN2O2/c22-19(14-24-20(25)17-8-4-5-9-18(17)21(24)26)16-10-11-23(13-16)12-15-6-2-1-3-7-15/h1-9H,10-14H2/b19-16+. The van der Waals surface area contributed by atoms with Gasteiger partial charge >= 0.3 is 0 Å². The van der Waals surface area contributed by atoms with Crippen LogP contribution in [0.4, 0.5) is 4.39 Å². The topological polar surface area (TPSA) is 40.6 Å². The molecule has 0 aromatic heterocycles. The Balaban J connectivity index is 1.44. The maximum atomic E-state index is 14.7. The highest BCUT2D eigenvalue weighted by molar-refractivity contribution is 6.21. The Morgan fingerprint density at radius 1 is 0.923 bits per heavy atom. The number of nitrogens with zero attached hydrogens (tertiary/aromatic N) is 2. The second kappa shape index (κ2) is 6.84. The number of hydrogen-bond donors (Lipinski definition) is 0. The smallest absolute Gasteiger partial charge is 0.261 e. The van der Waals surface area contributed by atoms with E-state index in [1.54, 1.807) is 24.3 Å². The van der Waals surface area contributed by atoms with Crippen molar-refractivity contribution in [2.45, 2.75) is 13.0 Å². The van der Waals surface area contributed by atoms with Crippen LogP contribution < -0.4 is 0 Å². The van der Waals surface area contributed by atoms with Crippen molar-refractivity contribution in [2.75, 3.05) is 19.6 Å². The zero-order chi connectivity index (χ0) is 18.1. The summed E-state index contributed by atoms with van der Waals surface area (Å²) in [6, 6.07) is 16.7. The molecule has 0 atom stereocenters. The van der Waals surface area contributed by atoms with Gasteiger partial charge < -0.3 is 0 Å². The molecule has 0 bridgehead atoms. The van der Waals surface area contributed by atoms with Crippen molar-refractivity contribution in [1.29, 1.82) is 0 Å². The van der Waals surface area contributed by atoms with E-state index in [1.807, 2.05) is 18.2 Å². The van der Waals surface area contributed by atoms with E-state index < -0.39 is 11.8 Å². The first-order valence-electron chi connectivity index (χ1n) is 8.71. The molecule has 1 saturated heterocycles. The van der Waals surface area contributed by atoms with Crippen LogP contribution in [0.15, 0.2) is 66.0 Å². The largest absolute Gasteiger partial charge is 0.295 e.